The summed E-state index contributed by atoms with van der Waals surface area (Å²) in [7, 11) is 0. The van der Waals surface area contributed by atoms with Gasteiger partial charge in [-0.1, -0.05) is 6.92 Å². The van der Waals surface area contributed by atoms with Gasteiger partial charge in [-0.05, 0) is 31.0 Å². The average molecular weight is 338 g/mol. The molecule has 2 rings (SSSR count). The number of alkyl halides is 2. The first-order valence-corrected chi connectivity index (χ1v) is 7.69. The summed E-state index contributed by atoms with van der Waals surface area (Å²) in [6.07, 6.45) is 1.37. The molecule has 130 valence electrons. The van der Waals surface area contributed by atoms with E-state index in [9.17, 15) is 13.6 Å². The van der Waals surface area contributed by atoms with Crippen LogP contribution in [0.3, 0.4) is 0 Å². The first kappa shape index (κ1) is 17.8. The number of halogens is 2. The molecule has 0 aromatic carbocycles. The van der Waals surface area contributed by atoms with Crippen molar-refractivity contribution in [3.05, 3.63) is 41.9 Å². The highest BCUT2D eigenvalue weighted by atomic mass is 19.3. The second kappa shape index (κ2) is 8.37. The number of amides is 1. The number of ether oxygens (including phenoxy) is 1. The molecule has 2 aromatic rings. The third-order valence-corrected chi connectivity index (χ3v) is 3.35. The summed E-state index contributed by atoms with van der Waals surface area (Å²) in [5.41, 5.74) is 0.921. The quantitative estimate of drug-likeness (QED) is 0.803. The second-order valence-corrected chi connectivity index (χ2v) is 5.34. The van der Waals surface area contributed by atoms with E-state index in [1.807, 2.05) is 13.8 Å². The van der Waals surface area contributed by atoms with Gasteiger partial charge in [0.15, 0.2) is 0 Å². The van der Waals surface area contributed by atoms with Crippen LogP contribution in [0.2, 0.25) is 0 Å². The molecule has 2 aromatic heterocycles. The molecular weight excluding hydrogens is 318 g/mol. The number of nitrogens with one attached hydrogen (secondary N) is 1. The van der Waals surface area contributed by atoms with Crippen LogP contribution in [-0.4, -0.2) is 33.2 Å². The van der Waals surface area contributed by atoms with Crippen molar-refractivity contribution in [3.63, 3.8) is 0 Å². The normalized spacial score (nSPS) is 12.2. The molecule has 0 bridgehead atoms. The van der Waals surface area contributed by atoms with Crippen LogP contribution in [0.4, 0.5) is 8.78 Å². The molecule has 0 saturated carbocycles. The van der Waals surface area contributed by atoms with Crippen molar-refractivity contribution in [1.29, 1.82) is 0 Å². The Morgan fingerprint density at radius 3 is 2.92 bits per heavy atom. The molecule has 0 spiro atoms. The fourth-order valence-electron chi connectivity index (χ4n) is 1.91. The Labute approximate surface area is 138 Å². The minimum atomic E-state index is -2.51. The number of pyridine rings is 1. The molecule has 1 unspecified atom stereocenters. The number of carbonyl (C=O) groups is 1. The summed E-state index contributed by atoms with van der Waals surface area (Å²) in [6, 6.07) is 4.92. The largest absolute Gasteiger partial charge is 0.475 e. The molecule has 2 heterocycles. The van der Waals surface area contributed by atoms with E-state index < -0.39 is 18.9 Å². The third-order valence-electron chi connectivity index (χ3n) is 3.35. The molecule has 0 aliphatic rings. The maximum Gasteiger partial charge on any atom is 0.272 e. The maximum absolute atomic E-state index is 12.3. The van der Waals surface area contributed by atoms with Gasteiger partial charge in [0.25, 0.3) is 12.3 Å². The lowest BCUT2D eigenvalue weighted by Gasteiger charge is -2.12. The van der Waals surface area contributed by atoms with Gasteiger partial charge in [-0.3, -0.25) is 9.48 Å². The fourth-order valence-corrected chi connectivity index (χ4v) is 1.91. The minimum Gasteiger partial charge on any atom is -0.475 e. The van der Waals surface area contributed by atoms with Gasteiger partial charge in [-0.2, -0.15) is 5.10 Å². The van der Waals surface area contributed by atoms with Crippen molar-refractivity contribution in [2.45, 2.75) is 45.9 Å². The standard InChI is InChI=1S/C16H20F2N4O2/c1-3-11(2)24-15-8-12(4-6-19-15)9-20-16(23)13-5-7-22(21-13)10-14(17)18/h4-8,11,14H,3,9-10H2,1-2H3,(H,20,23). The molecule has 1 amide bonds. The van der Waals surface area contributed by atoms with E-state index in [0.29, 0.717) is 5.88 Å². The van der Waals surface area contributed by atoms with Crippen molar-refractivity contribution in [2.75, 3.05) is 0 Å². The molecule has 1 N–H and O–H groups in total. The van der Waals surface area contributed by atoms with E-state index >= 15 is 0 Å². The second-order valence-electron chi connectivity index (χ2n) is 5.34. The van der Waals surface area contributed by atoms with Gasteiger partial charge >= 0.3 is 0 Å². The van der Waals surface area contributed by atoms with Crippen molar-refractivity contribution >= 4 is 5.91 Å². The zero-order valence-electron chi connectivity index (χ0n) is 13.6. The van der Waals surface area contributed by atoms with Crippen molar-refractivity contribution in [2.24, 2.45) is 0 Å². The summed E-state index contributed by atoms with van der Waals surface area (Å²) < 4.78 is 31.2. The van der Waals surface area contributed by atoms with E-state index in [4.69, 9.17) is 4.74 Å². The summed E-state index contributed by atoms with van der Waals surface area (Å²) >= 11 is 0. The van der Waals surface area contributed by atoms with Crippen molar-refractivity contribution in [1.82, 2.24) is 20.1 Å². The number of nitrogens with zero attached hydrogens (tertiary/aromatic N) is 3. The van der Waals surface area contributed by atoms with Crippen molar-refractivity contribution < 1.29 is 18.3 Å². The Hall–Kier alpha value is -2.51. The van der Waals surface area contributed by atoms with E-state index in [1.54, 1.807) is 18.3 Å². The molecule has 1 atom stereocenters. The molecule has 0 aliphatic heterocycles. The molecule has 24 heavy (non-hydrogen) atoms. The first-order chi connectivity index (χ1) is 11.5. The molecule has 0 radical (unpaired) electrons. The Kier molecular flexibility index (Phi) is 6.22. The summed E-state index contributed by atoms with van der Waals surface area (Å²) in [6.45, 7) is 3.70. The van der Waals surface area contributed by atoms with Gasteiger partial charge in [0.2, 0.25) is 5.88 Å². The van der Waals surface area contributed by atoms with Crippen LogP contribution < -0.4 is 10.1 Å². The lowest BCUT2D eigenvalue weighted by molar-refractivity contribution is 0.0940. The summed E-state index contributed by atoms with van der Waals surface area (Å²) in [5, 5.41) is 6.51. The Morgan fingerprint density at radius 1 is 1.42 bits per heavy atom. The molecule has 8 heteroatoms. The van der Waals surface area contributed by atoms with Gasteiger partial charge in [-0.25, -0.2) is 13.8 Å². The Balaban J connectivity index is 1.91. The molecular formula is C16H20F2N4O2. The first-order valence-electron chi connectivity index (χ1n) is 7.69. The maximum atomic E-state index is 12.3. The van der Waals surface area contributed by atoms with E-state index in [0.717, 1.165) is 16.7 Å². The number of hydrogen-bond acceptors (Lipinski definition) is 4. The van der Waals surface area contributed by atoms with Gasteiger partial charge in [0, 0.05) is 25.0 Å². The lowest BCUT2D eigenvalue weighted by atomic mass is 10.2. The highest BCUT2D eigenvalue weighted by Crippen LogP contribution is 2.12. The van der Waals surface area contributed by atoms with Gasteiger partial charge < -0.3 is 10.1 Å². The number of rotatable bonds is 8. The summed E-state index contributed by atoms with van der Waals surface area (Å²) in [5.74, 6) is 0.0709. The van der Waals surface area contributed by atoms with Gasteiger partial charge in [0.05, 0.1) is 6.10 Å². The van der Waals surface area contributed by atoms with E-state index in [1.165, 1.54) is 12.3 Å². The monoisotopic (exact) mass is 338 g/mol. The van der Waals surface area contributed by atoms with Crippen molar-refractivity contribution in [3.8, 4) is 5.88 Å². The Bertz CT molecular complexity index is 676. The topological polar surface area (TPSA) is 69.0 Å². The molecule has 0 fully saturated rings. The fraction of sp³-hybridized carbons (Fsp3) is 0.438. The Morgan fingerprint density at radius 2 is 2.21 bits per heavy atom. The molecule has 0 aliphatic carbocycles. The van der Waals surface area contributed by atoms with E-state index in [-0.39, 0.29) is 18.3 Å². The van der Waals surface area contributed by atoms with E-state index in [2.05, 4.69) is 15.4 Å². The van der Waals surface area contributed by atoms with Crippen LogP contribution >= 0.6 is 0 Å². The average Bonchev–Trinajstić information content (AvgIpc) is 3.00. The van der Waals surface area contributed by atoms with Crippen LogP contribution in [0, 0.1) is 0 Å². The highest BCUT2D eigenvalue weighted by Gasteiger charge is 2.12. The number of aromatic nitrogens is 3. The third kappa shape index (κ3) is 5.29. The predicted molar refractivity (Wildman–Crippen MR) is 84.0 cm³/mol. The highest BCUT2D eigenvalue weighted by molar-refractivity contribution is 5.92. The molecule has 0 saturated heterocycles. The number of hydrogen-bond donors (Lipinski definition) is 1. The lowest BCUT2D eigenvalue weighted by Crippen LogP contribution is -2.23. The zero-order chi connectivity index (χ0) is 17.5. The molecule has 6 nitrogen and oxygen atoms in total. The minimum absolute atomic E-state index is 0.0566. The van der Waals surface area contributed by atoms with Crippen LogP contribution in [0.1, 0.15) is 36.3 Å². The SMILES string of the molecule is CCC(C)Oc1cc(CNC(=O)c2ccn(CC(F)F)n2)ccn1. The van der Waals surface area contributed by atoms with Gasteiger partial charge in [0.1, 0.15) is 12.2 Å². The van der Waals surface area contributed by atoms with Crippen LogP contribution in [0.5, 0.6) is 5.88 Å². The van der Waals surface area contributed by atoms with Crippen LogP contribution in [-0.2, 0) is 13.1 Å². The van der Waals surface area contributed by atoms with Gasteiger partial charge in [-0.15, -0.1) is 0 Å². The smallest absolute Gasteiger partial charge is 0.272 e. The zero-order valence-corrected chi connectivity index (χ0v) is 13.6. The summed E-state index contributed by atoms with van der Waals surface area (Å²) in [4.78, 5) is 16.1. The van der Waals surface area contributed by atoms with Crippen LogP contribution in [0.25, 0.3) is 0 Å². The van der Waals surface area contributed by atoms with Crippen LogP contribution in [0.15, 0.2) is 30.6 Å². The number of carbonyl (C=O) groups excluding carboxylic acids is 1. The predicted octanol–water partition coefficient (Wildman–Crippen LogP) is 2.65.